The molecule has 5 nitrogen and oxygen atoms in total. The fourth-order valence-electron chi connectivity index (χ4n) is 3.96. The third-order valence-electron chi connectivity index (χ3n) is 5.30. The predicted molar refractivity (Wildman–Crippen MR) is 126 cm³/mol. The molecule has 0 unspecified atom stereocenters. The van der Waals surface area contributed by atoms with Crippen molar-refractivity contribution in [3.8, 4) is 0 Å². The molecule has 1 aliphatic rings. The first kappa shape index (κ1) is 23.1. The second kappa shape index (κ2) is 10.6. The van der Waals surface area contributed by atoms with Crippen LogP contribution in [0.15, 0.2) is 47.6 Å². The Hall–Kier alpha value is -2.58. The quantitative estimate of drug-likeness (QED) is 0.388. The second-order valence-corrected chi connectivity index (χ2v) is 8.68. The Morgan fingerprint density at radius 1 is 1.23 bits per heavy atom. The van der Waals surface area contributed by atoms with Crippen LogP contribution in [0.4, 0.5) is 14.5 Å². The molecule has 0 spiro atoms. The monoisotopic (exact) mass is 445 g/mol. The van der Waals surface area contributed by atoms with E-state index in [9.17, 15) is 8.78 Å². The largest absolute Gasteiger partial charge is 0.375 e. The first-order chi connectivity index (χ1) is 14.8. The molecule has 3 N–H and O–H groups in total. The third kappa shape index (κ3) is 6.45. The number of nitrogens with one attached hydrogen (secondary N) is 1. The van der Waals surface area contributed by atoms with Gasteiger partial charge >= 0.3 is 0 Å². The number of anilines is 1. The lowest BCUT2D eigenvalue weighted by molar-refractivity contribution is 0.156. The molecule has 0 saturated carbocycles. The van der Waals surface area contributed by atoms with Crippen molar-refractivity contribution in [1.29, 1.82) is 0 Å². The summed E-state index contributed by atoms with van der Waals surface area (Å²) in [5.74, 6) is -0.490. The molecule has 1 heterocycles. The topological polar surface area (TPSA) is 56.9 Å². The van der Waals surface area contributed by atoms with Gasteiger partial charge in [-0.05, 0) is 36.2 Å². The molecule has 0 radical (unpaired) electrons. The van der Waals surface area contributed by atoms with Gasteiger partial charge in [0.25, 0.3) is 0 Å². The molecular formula is C23H29F2N5S. The molecule has 1 atom stereocenters. The highest BCUT2D eigenvalue weighted by atomic mass is 32.1. The van der Waals surface area contributed by atoms with E-state index in [1.165, 1.54) is 17.8 Å². The smallest absolute Gasteiger partial charge is 0.184 e. The van der Waals surface area contributed by atoms with E-state index in [1.807, 2.05) is 23.1 Å². The van der Waals surface area contributed by atoms with Gasteiger partial charge < -0.3 is 10.6 Å². The predicted octanol–water partition coefficient (Wildman–Crippen LogP) is 3.52. The maximum Gasteiger partial charge on any atom is 0.184 e. The van der Waals surface area contributed by atoms with E-state index in [0.29, 0.717) is 19.0 Å². The lowest BCUT2D eigenvalue weighted by Gasteiger charge is -2.43. The molecule has 1 fully saturated rings. The summed E-state index contributed by atoms with van der Waals surface area (Å²) in [6, 6.07) is 12.9. The van der Waals surface area contributed by atoms with E-state index in [4.69, 9.17) is 5.73 Å². The third-order valence-corrected chi connectivity index (χ3v) is 5.39. The van der Waals surface area contributed by atoms with Crippen LogP contribution in [-0.4, -0.2) is 48.4 Å². The standard InChI is InChI=1S/C23H29F2N5S/c1-16(2)14-29-8-9-30(15-19(29)10-17-6-4-3-5-7-17)22-12-20(24)18(11-21(22)25)13-27-28-23(26)31/h3-7,11-13,16,19H,8-10,14-15H2,1-2H3,(H3,26,28,31)/b27-13+/t19-/m0/s1. The Bertz CT molecular complexity index is 920. The maximum atomic E-state index is 14.9. The number of hydrogen-bond acceptors (Lipinski definition) is 4. The minimum Gasteiger partial charge on any atom is -0.375 e. The van der Waals surface area contributed by atoms with Crippen molar-refractivity contribution in [3.05, 3.63) is 65.2 Å². The molecule has 8 heteroatoms. The average Bonchev–Trinajstić information content (AvgIpc) is 2.72. The summed E-state index contributed by atoms with van der Waals surface area (Å²) in [5, 5.41) is 3.67. The van der Waals surface area contributed by atoms with Gasteiger partial charge in [0.2, 0.25) is 0 Å². The summed E-state index contributed by atoms with van der Waals surface area (Å²) in [5.41, 5.74) is 9.18. The number of nitrogens with two attached hydrogens (primary N) is 1. The van der Waals surface area contributed by atoms with Crippen LogP contribution in [0, 0.1) is 17.6 Å². The summed E-state index contributed by atoms with van der Waals surface area (Å²) in [6.07, 6.45) is 2.03. The van der Waals surface area contributed by atoms with E-state index >= 15 is 0 Å². The van der Waals surface area contributed by atoms with Gasteiger partial charge in [-0.3, -0.25) is 10.3 Å². The highest BCUT2D eigenvalue weighted by Gasteiger charge is 2.29. The Balaban J connectivity index is 1.79. The number of hydrazone groups is 1. The van der Waals surface area contributed by atoms with Gasteiger partial charge in [-0.15, -0.1) is 0 Å². The van der Waals surface area contributed by atoms with Gasteiger partial charge in [0, 0.05) is 43.9 Å². The van der Waals surface area contributed by atoms with Crippen molar-refractivity contribution in [2.45, 2.75) is 26.3 Å². The van der Waals surface area contributed by atoms with Crippen LogP contribution in [0.5, 0.6) is 0 Å². The SMILES string of the molecule is CC(C)CN1CCN(c2cc(F)c(/C=N/NC(N)=S)cc2F)C[C@@H]1Cc1ccccc1. The van der Waals surface area contributed by atoms with Crippen molar-refractivity contribution < 1.29 is 8.78 Å². The first-order valence-electron chi connectivity index (χ1n) is 10.4. The number of rotatable bonds is 7. The Kier molecular flexibility index (Phi) is 7.92. The lowest BCUT2D eigenvalue weighted by Crippen LogP contribution is -2.55. The molecule has 0 aromatic heterocycles. The van der Waals surface area contributed by atoms with Crippen LogP contribution in [0.1, 0.15) is 25.0 Å². The lowest BCUT2D eigenvalue weighted by atomic mass is 10.00. The molecule has 3 rings (SSSR count). The summed E-state index contributed by atoms with van der Waals surface area (Å²) in [4.78, 5) is 4.40. The summed E-state index contributed by atoms with van der Waals surface area (Å²) < 4.78 is 29.5. The number of hydrogen-bond donors (Lipinski definition) is 2. The number of halogens is 2. The van der Waals surface area contributed by atoms with Gasteiger partial charge in [-0.2, -0.15) is 5.10 Å². The number of thiocarbonyl (C=S) groups is 1. The van der Waals surface area contributed by atoms with Crippen LogP contribution >= 0.6 is 12.2 Å². The molecule has 31 heavy (non-hydrogen) atoms. The van der Waals surface area contributed by atoms with Gasteiger partial charge in [-0.25, -0.2) is 8.78 Å². The zero-order valence-electron chi connectivity index (χ0n) is 17.9. The Morgan fingerprint density at radius 3 is 2.65 bits per heavy atom. The first-order valence-corrected chi connectivity index (χ1v) is 10.8. The van der Waals surface area contributed by atoms with Crippen LogP contribution in [0.3, 0.4) is 0 Å². The van der Waals surface area contributed by atoms with Crippen LogP contribution < -0.4 is 16.1 Å². The van der Waals surface area contributed by atoms with Crippen LogP contribution in [-0.2, 0) is 6.42 Å². The highest BCUT2D eigenvalue weighted by Crippen LogP contribution is 2.27. The molecule has 166 valence electrons. The van der Waals surface area contributed by atoms with Crippen molar-refractivity contribution >= 4 is 29.2 Å². The molecule has 2 aromatic carbocycles. The van der Waals surface area contributed by atoms with Gasteiger partial charge in [0.15, 0.2) is 5.11 Å². The zero-order chi connectivity index (χ0) is 22.4. The number of benzene rings is 2. The van der Waals surface area contributed by atoms with E-state index in [1.54, 1.807) is 0 Å². The van der Waals surface area contributed by atoms with Crippen molar-refractivity contribution in [3.63, 3.8) is 0 Å². The van der Waals surface area contributed by atoms with E-state index in [0.717, 1.165) is 25.6 Å². The fraction of sp³-hybridized carbons (Fsp3) is 0.391. The summed E-state index contributed by atoms with van der Waals surface area (Å²) >= 11 is 4.64. The van der Waals surface area contributed by atoms with Gasteiger partial charge in [0.1, 0.15) is 11.6 Å². The molecule has 2 aromatic rings. The fourth-order valence-corrected chi connectivity index (χ4v) is 4.01. The van der Waals surface area contributed by atoms with Gasteiger partial charge in [-0.1, -0.05) is 44.2 Å². The molecule has 0 aliphatic carbocycles. The van der Waals surface area contributed by atoms with Crippen LogP contribution in [0.2, 0.25) is 0 Å². The van der Waals surface area contributed by atoms with E-state index in [2.05, 4.69) is 53.6 Å². The minimum absolute atomic E-state index is 0.0317. The molecular weight excluding hydrogens is 416 g/mol. The Labute approximate surface area is 187 Å². The number of nitrogens with zero attached hydrogens (tertiary/aromatic N) is 3. The average molecular weight is 446 g/mol. The molecule has 1 saturated heterocycles. The molecule has 0 bridgehead atoms. The number of piperazine rings is 1. The van der Waals surface area contributed by atoms with E-state index in [-0.39, 0.29) is 22.4 Å². The van der Waals surface area contributed by atoms with Crippen molar-refractivity contribution in [2.75, 3.05) is 31.1 Å². The maximum absolute atomic E-state index is 14.9. The normalized spacial score (nSPS) is 17.5. The van der Waals surface area contributed by atoms with Crippen molar-refractivity contribution in [1.82, 2.24) is 10.3 Å². The van der Waals surface area contributed by atoms with Gasteiger partial charge in [0.05, 0.1) is 11.9 Å². The minimum atomic E-state index is -0.547. The summed E-state index contributed by atoms with van der Waals surface area (Å²) in [6.45, 7) is 7.46. The molecule has 1 aliphatic heterocycles. The highest BCUT2D eigenvalue weighted by molar-refractivity contribution is 7.80. The van der Waals surface area contributed by atoms with Crippen molar-refractivity contribution in [2.24, 2.45) is 16.8 Å². The Morgan fingerprint density at radius 2 is 1.97 bits per heavy atom. The second-order valence-electron chi connectivity index (χ2n) is 8.24. The molecule has 0 amide bonds. The summed E-state index contributed by atoms with van der Waals surface area (Å²) in [7, 11) is 0. The zero-order valence-corrected chi connectivity index (χ0v) is 18.7. The van der Waals surface area contributed by atoms with E-state index < -0.39 is 11.6 Å². The van der Waals surface area contributed by atoms with Crippen LogP contribution in [0.25, 0.3) is 0 Å².